The second kappa shape index (κ2) is 13.1. The number of hydrogen-bond acceptors (Lipinski definition) is 5. The van der Waals surface area contributed by atoms with Gasteiger partial charge in [0, 0.05) is 14.2 Å². The first kappa shape index (κ1) is 26.6. The molecule has 0 spiro atoms. The summed E-state index contributed by atoms with van der Waals surface area (Å²) >= 11 is 0. The number of carboxylic acids is 1. The van der Waals surface area contributed by atoms with Crippen molar-refractivity contribution in [3.63, 3.8) is 0 Å². The van der Waals surface area contributed by atoms with Gasteiger partial charge in [0.25, 0.3) is 0 Å². The van der Waals surface area contributed by atoms with Crippen LogP contribution in [0.4, 0.5) is 0 Å². The standard InChI is InChI=1S/C24H37NO6/c1-7-17(4)23(20(30-6)14-21(26)27)25(5)24(29)19(16(2)3)13-22(28)31-15-18-11-9-8-10-12-18/h8-12,16-17,19-20,23H,7,13-15H2,1-6H3,(H,26,27)/t17-,19?,20+,23-/m0/s1. The van der Waals surface area contributed by atoms with E-state index >= 15 is 0 Å². The lowest BCUT2D eigenvalue weighted by molar-refractivity contribution is -0.154. The molecule has 1 unspecified atom stereocenters. The predicted octanol–water partition coefficient (Wildman–Crippen LogP) is 3.75. The largest absolute Gasteiger partial charge is 0.481 e. The van der Waals surface area contributed by atoms with Crippen molar-refractivity contribution in [2.45, 2.75) is 65.7 Å². The number of ether oxygens (including phenoxy) is 2. The Morgan fingerprint density at radius 1 is 1.06 bits per heavy atom. The lowest BCUT2D eigenvalue weighted by atomic mass is 9.87. The Bertz CT molecular complexity index is 705. The molecule has 1 N–H and O–H groups in total. The average Bonchev–Trinajstić information content (AvgIpc) is 2.74. The highest BCUT2D eigenvalue weighted by Gasteiger charge is 2.37. The number of nitrogens with zero attached hydrogens (tertiary/aromatic N) is 1. The maximum atomic E-state index is 13.4. The molecule has 0 aromatic heterocycles. The van der Waals surface area contributed by atoms with E-state index in [0.717, 1.165) is 12.0 Å². The summed E-state index contributed by atoms with van der Waals surface area (Å²) in [6.07, 6.45) is -0.113. The molecule has 1 amide bonds. The summed E-state index contributed by atoms with van der Waals surface area (Å²) < 4.78 is 10.8. The topological polar surface area (TPSA) is 93.1 Å². The zero-order chi connectivity index (χ0) is 23.6. The summed E-state index contributed by atoms with van der Waals surface area (Å²) in [6.45, 7) is 7.91. The van der Waals surface area contributed by atoms with Crippen molar-refractivity contribution in [3.05, 3.63) is 35.9 Å². The van der Waals surface area contributed by atoms with Gasteiger partial charge >= 0.3 is 11.9 Å². The van der Waals surface area contributed by atoms with Gasteiger partial charge in [0.05, 0.1) is 30.9 Å². The summed E-state index contributed by atoms with van der Waals surface area (Å²) in [6, 6.07) is 8.96. The van der Waals surface area contributed by atoms with Crippen molar-refractivity contribution in [1.29, 1.82) is 0 Å². The van der Waals surface area contributed by atoms with Crippen molar-refractivity contribution in [2.75, 3.05) is 14.2 Å². The third-order valence-corrected chi connectivity index (χ3v) is 5.83. The van der Waals surface area contributed by atoms with Crippen LogP contribution in [0.3, 0.4) is 0 Å². The first-order valence-corrected chi connectivity index (χ1v) is 10.8. The van der Waals surface area contributed by atoms with Gasteiger partial charge in [0.1, 0.15) is 6.61 Å². The molecule has 0 aliphatic heterocycles. The summed E-state index contributed by atoms with van der Waals surface area (Å²) in [5.74, 6) is -2.25. The Hall–Kier alpha value is -2.41. The van der Waals surface area contributed by atoms with Gasteiger partial charge in [-0.2, -0.15) is 0 Å². The van der Waals surface area contributed by atoms with E-state index in [-0.39, 0.29) is 37.2 Å². The van der Waals surface area contributed by atoms with E-state index in [2.05, 4.69) is 0 Å². The van der Waals surface area contributed by atoms with Crippen LogP contribution in [0.5, 0.6) is 0 Å². The van der Waals surface area contributed by atoms with E-state index in [1.54, 1.807) is 11.9 Å². The normalized spacial score (nSPS) is 15.1. The molecule has 7 heteroatoms. The van der Waals surface area contributed by atoms with Crippen LogP contribution in [0.1, 0.15) is 52.5 Å². The maximum absolute atomic E-state index is 13.4. The zero-order valence-corrected chi connectivity index (χ0v) is 19.5. The van der Waals surface area contributed by atoms with Crippen LogP contribution < -0.4 is 0 Å². The molecular formula is C24H37NO6. The predicted molar refractivity (Wildman–Crippen MR) is 118 cm³/mol. The molecule has 0 bridgehead atoms. The Morgan fingerprint density at radius 3 is 2.16 bits per heavy atom. The van der Waals surface area contributed by atoms with Gasteiger partial charge in [-0.05, 0) is 17.4 Å². The second-order valence-electron chi connectivity index (χ2n) is 8.40. The number of benzene rings is 1. The van der Waals surface area contributed by atoms with Crippen LogP contribution >= 0.6 is 0 Å². The SMILES string of the molecule is CC[C@H](C)[C@@H]([C@@H](CC(=O)O)OC)N(C)C(=O)C(CC(=O)OCc1ccccc1)C(C)C. The van der Waals surface area contributed by atoms with E-state index in [0.29, 0.717) is 0 Å². The third kappa shape index (κ3) is 8.32. The highest BCUT2D eigenvalue weighted by atomic mass is 16.5. The molecule has 1 rings (SSSR count). The van der Waals surface area contributed by atoms with Gasteiger partial charge < -0.3 is 19.5 Å². The molecule has 0 heterocycles. The lowest BCUT2D eigenvalue weighted by Crippen LogP contribution is -2.52. The zero-order valence-electron chi connectivity index (χ0n) is 19.5. The Balaban J connectivity index is 2.94. The highest BCUT2D eigenvalue weighted by molar-refractivity contribution is 5.84. The van der Waals surface area contributed by atoms with Crippen molar-refractivity contribution < 1.29 is 29.0 Å². The quantitative estimate of drug-likeness (QED) is 0.474. The fraction of sp³-hybridized carbons (Fsp3) is 0.625. The van der Waals surface area contributed by atoms with Crippen LogP contribution in [0.15, 0.2) is 30.3 Å². The first-order valence-electron chi connectivity index (χ1n) is 10.8. The van der Waals surface area contributed by atoms with Crippen LogP contribution in [0, 0.1) is 17.8 Å². The van der Waals surface area contributed by atoms with Crippen LogP contribution in [-0.4, -0.2) is 54.2 Å². The number of methoxy groups -OCH3 is 1. The van der Waals surface area contributed by atoms with Crippen LogP contribution in [0.25, 0.3) is 0 Å². The molecule has 0 radical (unpaired) electrons. The van der Waals surface area contributed by atoms with Gasteiger partial charge in [0.2, 0.25) is 5.91 Å². The number of hydrogen-bond donors (Lipinski definition) is 1. The Kier molecular flexibility index (Phi) is 11.3. The fourth-order valence-corrected chi connectivity index (χ4v) is 3.75. The molecule has 1 aromatic rings. The van der Waals surface area contributed by atoms with Gasteiger partial charge in [-0.3, -0.25) is 14.4 Å². The summed E-state index contributed by atoms with van der Waals surface area (Å²) in [4.78, 5) is 38.7. The summed E-state index contributed by atoms with van der Waals surface area (Å²) in [7, 11) is 3.12. The molecule has 0 saturated carbocycles. The average molecular weight is 436 g/mol. The van der Waals surface area contributed by atoms with E-state index in [4.69, 9.17) is 9.47 Å². The number of rotatable bonds is 13. The molecule has 31 heavy (non-hydrogen) atoms. The van der Waals surface area contributed by atoms with Gasteiger partial charge in [-0.15, -0.1) is 0 Å². The van der Waals surface area contributed by atoms with Gasteiger partial charge in [0.15, 0.2) is 0 Å². The van der Waals surface area contributed by atoms with E-state index in [9.17, 15) is 19.5 Å². The fourth-order valence-electron chi connectivity index (χ4n) is 3.75. The molecule has 1 aromatic carbocycles. The van der Waals surface area contributed by atoms with Crippen molar-refractivity contribution in [1.82, 2.24) is 4.90 Å². The molecule has 7 nitrogen and oxygen atoms in total. The minimum absolute atomic E-state index is 0.0242. The molecular weight excluding hydrogens is 398 g/mol. The lowest BCUT2D eigenvalue weighted by Gasteiger charge is -2.39. The van der Waals surface area contributed by atoms with Gasteiger partial charge in [-0.1, -0.05) is 64.4 Å². The van der Waals surface area contributed by atoms with Crippen molar-refractivity contribution >= 4 is 17.8 Å². The third-order valence-electron chi connectivity index (χ3n) is 5.83. The van der Waals surface area contributed by atoms with E-state index in [1.807, 2.05) is 58.0 Å². The number of esters is 1. The number of aliphatic carboxylic acids is 1. The molecule has 0 saturated heterocycles. The molecule has 174 valence electrons. The Morgan fingerprint density at radius 2 is 1.68 bits per heavy atom. The van der Waals surface area contributed by atoms with Crippen molar-refractivity contribution in [2.24, 2.45) is 17.8 Å². The first-order chi connectivity index (χ1) is 14.6. The minimum Gasteiger partial charge on any atom is -0.481 e. The molecule has 0 fully saturated rings. The summed E-state index contributed by atoms with van der Waals surface area (Å²) in [5, 5.41) is 9.26. The number of carbonyl (C=O) groups excluding carboxylic acids is 2. The number of amides is 1. The van der Waals surface area contributed by atoms with Crippen LogP contribution in [0.2, 0.25) is 0 Å². The molecule has 0 aliphatic rings. The van der Waals surface area contributed by atoms with E-state index in [1.165, 1.54) is 7.11 Å². The maximum Gasteiger partial charge on any atom is 0.306 e. The molecule has 4 atom stereocenters. The minimum atomic E-state index is -0.981. The highest BCUT2D eigenvalue weighted by Crippen LogP contribution is 2.26. The van der Waals surface area contributed by atoms with E-state index < -0.39 is 30.0 Å². The monoisotopic (exact) mass is 435 g/mol. The number of likely N-dealkylation sites (N-methyl/N-ethyl adjacent to an activating group) is 1. The molecule has 0 aliphatic carbocycles. The smallest absolute Gasteiger partial charge is 0.306 e. The number of carbonyl (C=O) groups is 3. The van der Waals surface area contributed by atoms with Crippen LogP contribution in [-0.2, 0) is 30.5 Å². The Labute approximate surface area is 185 Å². The summed E-state index contributed by atoms with van der Waals surface area (Å²) in [5.41, 5.74) is 0.883. The number of carboxylic acid groups (broad SMARTS) is 1. The second-order valence-corrected chi connectivity index (χ2v) is 8.40. The van der Waals surface area contributed by atoms with Gasteiger partial charge in [-0.25, -0.2) is 0 Å². The van der Waals surface area contributed by atoms with Crippen molar-refractivity contribution in [3.8, 4) is 0 Å².